The molecule has 0 saturated carbocycles. The highest BCUT2D eigenvalue weighted by atomic mass is 31.2. The number of hydrogen-bond acceptors (Lipinski definition) is 15. The maximum absolute atomic E-state index is 13.0. The molecule has 0 aromatic carbocycles. The van der Waals surface area contributed by atoms with Gasteiger partial charge in [-0.25, -0.2) is 9.13 Å². The standard InChI is InChI=1S/C63H122O17P2/c1-7-10-12-14-16-17-18-19-20-21-29-35-41-47-62(67)79-59(52-74-61(66)46-40-34-28-23-22-27-32-38-44-56(6)9-3)54-78-82(71,72)76-50-57(64)49-75-81(69,70)77-53-58(51-73-60(65)45-39-33-25-15-13-11-8-2)80-63(68)48-42-36-30-24-26-31-37-43-55(4)5/h55-59,64H,7-54H2,1-6H3,(H,69,70)(H,71,72)/t56?,57-,58+,59+/m0/s1. The Morgan fingerprint density at radius 2 is 0.622 bits per heavy atom. The van der Waals surface area contributed by atoms with Gasteiger partial charge in [0, 0.05) is 25.7 Å². The van der Waals surface area contributed by atoms with E-state index in [0.29, 0.717) is 31.6 Å². The average Bonchev–Trinajstić information content (AvgIpc) is 3.44. The minimum Gasteiger partial charge on any atom is -0.462 e. The van der Waals surface area contributed by atoms with Gasteiger partial charge in [-0.1, -0.05) is 260 Å². The van der Waals surface area contributed by atoms with Gasteiger partial charge in [-0.3, -0.25) is 37.3 Å². The molecule has 0 spiro atoms. The van der Waals surface area contributed by atoms with Gasteiger partial charge < -0.3 is 33.8 Å². The Morgan fingerprint density at radius 1 is 0.354 bits per heavy atom. The third-order valence-electron chi connectivity index (χ3n) is 14.8. The van der Waals surface area contributed by atoms with E-state index in [-0.39, 0.29) is 25.7 Å². The van der Waals surface area contributed by atoms with Crippen LogP contribution in [0, 0.1) is 11.8 Å². The molecule has 3 N–H and O–H groups in total. The highest BCUT2D eigenvalue weighted by Crippen LogP contribution is 2.45. The molecular weight excluding hydrogens is 1090 g/mol. The molecule has 3 unspecified atom stereocenters. The lowest BCUT2D eigenvalue weighted by atomic mass is 9.99. The Labute approximate surface area is 498 Å². The van der Waals surface area contributed by atoms with Crippen molar-refractivity contribution in [1.29, 1.82) is 0 Å². The molecule has 0 aromatic rings. The van der Waals surface area contributed by atoms with Crippen LogP contribution in [0.5, 0.6) is 0 Å². The van der Waals surface area contributed by atoms with E-state index in [1.54, 1.807) is 0 Å². The maximum Gasteiger partial charge on any atom is 0.472 e. The Kier molecular flexibility index (Phi) is 54.3. The van der Waals surface area contributed by atoms with Crippen molar-refractivity contribution >= 4 is 39.5 Å². The lowest BCUT2D eigenvalue weighted by Crippen LogP contribution is -2.30. The molecule has 0 heterocycles. The van der Waals surface area contributed by atoms with Crippen molar-refractivity contribution in [2.45, 2.75) is 330 Å². The number of aliphatic hydroxyl groups is 1. The zero-order valence-corrected chi connectivity index (χ0v) is 54.6. The molecular formula is C63H122O17P2. The van der Waals surface area contributed by atoms with E-state index in [1.807, 2.05) is 0 Å². The van der Waals surface area contributed by atoms with Crippen LogP contribution in [0.4, 0.5) is 0 Å². The fourth-order valence-corrected chi connectivity index (χ4v) is 10.9. The minimum absolute atomic E-state index is 0.103. The number of carbonyl (C=O) groups excluding carboxylic acids is 4. The molecule has 0 aromatic heterocycles. The summed E-state index contributed by atoms with van der Waals surface area (Å²) in [7, 11) is -9.88. The monoisotopic (exact) mass is 1210 g/mol. The number of esters is 4. The third kappa shape index (κ3) is 55.9. The summed E-state index contributed by atoms with van der Waals surface area (Å²) in [6.45, 7) is 9.39. The number of unbranched alkanes of at least 4 members (excludes halogenated alkanes) is 31. The predicted octanol–water partition coefficient (Wildman–Crippen LogP) is 17.3. The summed E-state index contributed by atoms with van der Waals surface area (Å²) in [6.07, 6.45) is 37.7. The summed E-state index contributed by atoms with van der Waals surface area (Å²) in [6, 6.07) is 0. The van der Waals surface area contributed by atoms with Crippen molar-refractivity contribution in [3.8, 4) is 0 Å². The van der Waals surface area contributed by atoms with E-state index in [0.717, 1.165) is 109 Å². The second-order valence-corrected chi connectivity index (χ2v) is 26.4. The first-order valence-electron chi connectivity index (χ1n) is 33.0. The van der Waals surface area contributed by atoms with Crippen molar-refractivity contribution in [3.63, 3.8) is 0 Å². The van der Waals surface area contributed by atoms with Gasteiger partial charge in [0.1, 0.15) is 19.3 Å². The van der Waals surface area contributed by atoms with E-state index in [2.05, 4.69) is 41.5 Å². The highest BCUT2D eigenvalue weighted by molar-refractivity contribution is 7.47. The van der Waals surface area contributed by atoms with Crippen LogP contribution in [0.3, 0.4) is 0 Å². The van der Waals surface area contributed by atoms with Crippen LogP contribution in [0.2, 0.25) is 0 Å². The summed E-state index contributed by atoms with van der Waals surface area (Å²) < 4.78 is 67.9. The predicted molar refractivity (Wildman–Crippen MR) is 326 cm³/mol. The van der Waals surface area contributed by atoms with E-state index < -0.39 is 97.5 Å². The van der Waals surface area contributed by atoms with Crippen LogP contribution in [0.25, 0.3) is 0 Å². The van der Waals surface area contributed by atoms with Gasteiger partial charge >= 0.3 is 39.5 Å². The Hall–Kier alpha value is -1.94. The number of carbonyl (C=O) groups is 4. The Balaban J connectivity index is 5.23. The van der Waals surface area contributed by atoms with Gasteiger partial charge in [0.05, 0.1) is 26.4 Å². The fourth-order valence-electron chi connectivity index (χ4n) is 9.32. The molecule has 82 heavy (non-hydrogen) atoms. The molecule has 0 radical (unpaired) electrons. The molecule has 0 aliphatic rings. The number of rotatable bonds is 62. The summed E-state index contributed by atoms with van der Waals surface area (Å²) in [5.74, 6) is -0.666. The second-order valence-electron chi connectivity index (χ2n) is 23.5. The first kappa shape index (κ1) is 80.1. The zero-order chi connectivity index (χ0) is 60.8. The molecule has 17 nitrogen and oxygen atoms in total. The van der Waals surface area contributed by atoms with E-state index in [9.17, 15) is 43.2 Å². The molecule has 19 heteroatoms. The number of aliphatic hydroxyl groups excluding tert-OH is 1. The fraction of sp³-hybridized carbons (Fsp3) is 0.937. The Bertz CT molecular complexity index is 1620. The zero-order valence-electron chi connectivity index (χ0n) is 52.8. The van der Waals surface area contributed by atoms with Crippen molar-refractivity contribution in [1.82, 2.24) is 0 Å². The third-order valence-corrected chi connectivity index (χ3v) is 16.7. The molecule has 0 rings (SSSR count). The van der Waals surface area contributed by atoms with Crippen LogP contribution < -0.4 is 0 Å². The molecule has 6 atom stereocenters. The SMILES string of the molecule is CCCCCCCCCCCCCCCC(=O)O[C@H](COC(=O)CCCCCCCCCCC(C)CC)COP(=O)(O)OC[C@@H](O)COP(=O)(O)OC[C@@H](COC(=O)CCCCCCCCC)OC(=O)CCCCCCCCCC(C)C. The second kappa shape index (κ2) is 55.6. The van der Waals surface area contributed by atoms with E-state index in [1.165, 1.54) is 116 Å². The normalized spacial score (nSPS) is 14.7. The average molecular weight is 1210 g/mol. The van der Waals surface area contributed by atoms with Crippen LogP contribution >= 0.6 is 15.6 Å². The molecule has 0 aliphatic carbocycles. The maximum atomic E-state index is 13.0. The number of ether oxygens (including phenoxy) is 4. The lowest BCUT2D eigenvalue weighted by Gasteiger charge is -2.21. The largest absolute Gasteiger partial charge is 0.472 e. The molecule has 0 amide bonds. The highest BCUT2D eigenvalue weighted by Gasteiger charge is 2.30. The van der Waals surface area contributed by atoms with Gasteiger partial charge in [-0.2, -0.15) is 0 Å². The van der Waals surface area contributed by atoms with Gasteiger partial charge in [0.2, 0.25) is 0 Å². The lowest BCUT2D eigenvalue weighted by molar-refractivity contribution is -0.161. The summed E-state index contributed by atoms with van der Waals surface area (Å²) in [5, 5.41) is 10.5. The molecule has 0 bridgehead atoms. The minimum atomic E-state index is -4.94. The van der Waals surface area contributed by atoms with Crippen molar-refractivity contribution in [3.05, 3.63) is 0 Å². The van der Waals surface area contributed by atoms with Crippen molar-refractivity contribution < 1.29 is 80.2 Å². The van der Waals surface area contributed by atoms with Gasteiger partial charge in [-0.15, -0.1) is 0 Å². The van der Waals surface area contributed by atoms with Gasteiger partial charge in [-0.05, 0) is 37.5 Å². The van der Waals surface area contributed by atoms with Crippen LogP contribution in [0.1, 0.15) is 311 Å². The number of phosphoric ester groups is 2. The van der Waals surface area contributed by atoms with Crippen molar-refractivity contribution in [2.75, 3.05) is 39.6 Å². The summed E-state index contributed by atoms with van der Waals surface area (Å²) >= 11 is 0. The van der Waals surface area contributed by atoms with Crippen LogP contribution in [-0.2, 0) is 65.4 Å². The summed E-state index contributed by atoms with van der Waals surface area (Å²) in [5.41, 5.74) is 0. The van der Waals surface area contributed by atoms with Crippen LogP contribution in [-0.4, -0.2) is 96.7 Å². The van der Waals surface area contributed by atoms with Crippen molar-refractivity contribution in [2.24, 2.45) is 11.8 Å². The molecule has 486 valence electrons. The first-order valence-corrected chi connectivity index (χ1v) is 36.0. The van der Waals surface area contributed by atoms with Gasteiger partial charge in [0.15, 0.2) is 12.2 Å². The first-order chi connectivity index (χ1) is 39.4. The van der Waals surface area contributed by atoms with E-state index >= 15 is 0 Å². The molecule has 0 aliphatic heterocycles. The quantitative estimate of drug-likeness (QED) is 0.0222. The van der Waals surface area contributed by atoms with Gasteiger partial charge in [0.25, 0.3) is 0 Å². The number of hydrogen-bond donors (Lipinski definition) is 3. The topological polar surface area (TPSA) is 237 Å². The molecule has 0 saturated heterocycles. The Morgan fingerprint density at radius 3 is 0.927 bits per heavy atom. The smallest absolute Gasteiger partial charge is 0.462 e. The molecule has 0 fully saturated rings. The summed E-state index contributed by atoms with van der Waals surface area (Å²) in [4.78, 5) is 72.1. The number of phosphoric acid groups is 2. The van der Waals surface area contributed by atoms with E-state index in [4.69, 9.17) is 37.0 Å². The van der Waals surface area contributed by atoms with Crippen LogP contribution in [0.15, 0.2) is 0 Å².